The van der Waals surface area contributed by atoms with Gasteiger partial charge in [-0.05, 0) is 60.0 Å². The van der Waals surface area contributed by atoms with Crippen molar-refractivity contribution >= 4 is 50.2 Å². The Labute approximate surface area is 201 Å². The molecule has 174 valence electrons. The molecule has 6 nitrogen and oxygen atoms in total. The van der Waals surface area contributed by atoms with Crippen LogP contribution in [0.3, 0.4) is 0 Å². The average Bonchev–Trinajstić information content (AvgIpc) is 2.79. The Balaban J connectivity index is 1.56. The number of aromatic nitrogens is 3. The quantitative estimate of drug-likeness (QED) is 0.211. The number of benzene rings is 1. The lowest BCUT2D eigenvalue weighted by Crippen LogP contribution is -2.32. The second-order valence-corrected chi connectivity index (χ2v) is 9.35. The van der Waals surface area contributed by atoms with Gasteiger partial charge in [0.15, 0.2) is 5.16 Å². The predicted molar refractivity (Wildman–Crippen MR) is 124 cm³/mol. The van der Waals surface area contributed by atoms with E-state index in [4.69, 9.17) is 0 Å². The zero-order valence-electron chi connectivity index (χ0n) is 17.6. The normalized spacial score (nSPS) is 19.6. The van der Waals surface area contributed by atoms with Crippen LogP contribution >= 0.6 is 27.7 Å². The smallest absolute Gasteiger partial charge is 0.433 e. The van der Waals surface area contributed by atoms with Crippen LogP contribution < -0.4 is 10.4 Å². The van der Waals surface area contributed by atoms with E-state index in [0.29, 0.717) is 27.1 Å². The Hall–Kier alpha value is -2.40. The summed E-state index contributed by atoms with van der Waals surface area (Å²) in [6.45, 7) is 0. The van der Waals surface area contributed by atoms with Crippen LogP contribution in [0.25, 0.3) is 10.9 Å². The van der Waals surface area contributed by atoms with E-state index in [-0.39, 0.29) is 23.3 Å². The Kier molecular flexibility index (Phi) is 7.08. The first-order valence-electron chi connectivity index (χ1n) is 10.3. The number of fused-ring (bicyclic) bond motifs is 1. The van der Waals surface area contributed by atoms with Crippen LogP contribution in [-0.4, -0.2) is 39.2 Å². The minimum atomic E-state index is -4.54. The summed E-state index contributed by atoms with van der Waals surface area (Å²) in [4.78, 5) is 16.5. The lowest BCUT2D eigenvalue weighted by Gasteiger charge is -2.30. The Morgan fingerprint density at radius 3 is 2.79 bits per heavy atom. The number of nitrogens with zero attached hydrogens (tertiary/aromatic N) is 4. The molecule has 33 heavy (non-hydrogen) atoms. The first-order valence-corrected chi connectivity index (χ1v) is 12.3. The number of anilines is 1. The lowest BCUT2D eigenvalue weighted by molar-refractivity contribution is -0.214. The molecule has 1 fully saturated rings. The van der Waals surface area contributed by atoms with Gasteiger partial charge in [0.2, 0.25) is 0 Å². The van der Waals surface area contributed by atoms with Gasteiger partial charge in [0.05, 0.1) is 21.7 Å². The van der Waals surface area contributed by atoms with Gasteiger partial charge in [0.25, 0.3) is 0 Å². The van der Waals surface area contributed by atoms with Crippen LogP contribution in [0.1, 0.15) is 37.1 Å². The van der Waals surface area contributed by atoms with E-state index in [9.17, 15) is 18.3 Å². The maximum atomic E-state index is 13.4. The van der Waals surface area contributed by atoms with E-state index in [1.165, 1.54) is 18.0 Å². The third-order valence-electron chi connectivity index (χ3n) is 5.42. The van der Waals surface area contributed by atoms with Crippen molar-refractivity contribution in [2.45, 2.75) is 49.1 Å². The number of pyridine rings is 1. The topological polar surface area (TPSA) is 86.1 Å². The standard InChI is InChI=1S/C22H21BrF3N5OS/c1-33-21-27-11-15(23)19(31-21)20(32)29-13-6-4-5-12(9-13)28-17-10-18(22(24,25)26)30-16-8-3-2-7-14(16)17/h2-3,7-8,10-13H,4-6,9H2,1H3,(H,28,30)(H,29,32)/p-1/t12-,13?/m0/s1. The summed E-state index contributed by atoms with van der Waals surface area (Å²) in [7, 11) is 0. The molecule has 0 amide bonds. The van der Waals surface area contributed by atoms with E-state index >= 15 is 0 Å². The van der Waals surface area contributed by atoms with E-state index in [1.54, 1.807) is 24.3 Å². The summed E-state index contributed by atoms with van der Waals surface area (Å²) in [5.41, 5.74) is -0.0677. The predicted octanol–water partition coefficient (Wildman–Crippen LogP) is 5.06. The van der Waals surface area contributed by atoms with Gasteiger partial charge in [-0.1, -0.05) is 30.0 Å². The summed E-state index contributed by atoms with van der Waals surface area (Å²) in [5, 5.41) is 17.1. The van der Waals surface area contributed by atoms with Gasteiger partial charge < -0.3 is 10.4 Å². The first-order chi connectivity index (χ1) is 15.7. The van der Waals surface area contributed by atoms with Crippen molar-refractivity contribution in [3.8, 4) is 0 Å². The van der Waals surface area contributed by atoms with Crippen LogP contribution in [0.2, 0.25) is 0 Å². The Bertz CT molecular complexity index is 1190. The largest absolute Gasteiger partial charge is 0.857 e. The molecule has 1 aliphatic rings. The molecule has 0 aliphatic heterocycles. The van der Waals surface area contributed by atoms with Gasteiger partial charge >= 0.3 is 6.18 Å². The van der Waals surface area contributed by atoms with Gasteiger partial charge in [-0.25, -0.2) is 15.0 Å². The third-order valence-corrected chi connectivity index (χ3v) is 6.56. The number of aliphatic imine (C=N–C) groups is 1. The molecule has 2 aromatic heterocycles. The number of halogens is 4. The molecule has 1 aliphatic carbocycles. The minimum Gasteiger partial charge on any atom is -0.857 e. The first kappa shape index (κ1) is 23.7. The SMILES string of the molecule is CSc1ncc(Br)c(C([O-])=NC2CCC[C@H](Nc3cc(C(F)(F)F)nc4ccccc34)C2)n1. The molecule has 1 unspecified atom stereocenters. The van der Waals surface area contributed by atoms with Crippen molar-refractivity contribution in [2.75, 3.05) is 11.6 Å². The summed E-state index contributed by atoms with van der Waals surface area (Å²) in [6, 6.07) is 7.42. The Morgan fingerprint density at radius 1 is 1.24 bits per heavy atom. The number of thioether (sulfide) groups is 1. The highest BCUT2D eigenvalue weighted by atomic mass is 79.9. The van der Waals surface area contributed by atoms with E-state index in [1.807, 2.05) is 6.26 Å². The van der Waals surface area contributed by atoms with Crippen molar-refractivity contribution in [1.82, 2.24) is 15.0 Å². The monoisotopic (exact) mass is 538 g/mol. The molecule has 1 N–H and O–H groups in total. The van der Waals surface area contributed by atoms with E-state index < -0.39 is 17.8 Å². The maximum absolute atomic E-state index is 13.4. The fourth-order valence-corrected chi connectivity index (χ4v) is 4.60. The Morgan fingerprint density at radius 2 is 2.03 bits per heavy atom. The number of hydrogen-bond donors (Lipinski definition) is 1. The van der Waals surface area contributed by atoms with Crippen LogP contribution in [0.5, 0.6) is 0 Å². The minimum absolute atomic E-state index is 0.122. The summed E-state index contributed by atoms with van der Waals surface area (Å²) < 4.78 is 40.6. The van der Waals surface area contributed by atoms with Gasteiger partial charge in [-0.3, -0.25) is 4.99 Å². The number of alkyl halides is 3. The molecule has 4 rings (SSSR count). The fraction of sp³-hybridized carbons (Fsp3) is 0.364. The van der Waals surface area contributed by atoms with Crippen LogP contribution in [0.4, 0.5) is 18.9 Å². The number of rotatable bonds is 5. The molecule has 3 aromatic rings. The van der Waals surface area contributed by atoms with Crippen molar-refractivity contribution in [2.24, 2.45) is 4.99 Å². The van der Waals surface area contributed by atoms with Crippen molar-refractivity contribution in [3.63, 3.8) is 0 Å². The highest BCUT2D eigenvalue weighted by molar-refractivity contribution is 9.10. The highest BCUT2D eigenvalue weighted by Gasteiger charge is 2.33. The molecule has 2 atom stereocenters. The zero-order valence-corrected chi connectivity index (χ0v) is 20.0. The highest BCUT2D eigenvalue weighted by Crippen LogP contribution is 2.34. The molecule has 0 radical (unpaired) electrons. The molecule has 1 aromatic carbocycles. The molecule has 1 saturated carbocycles. The van der Waals surface area contributed by atoms with E-state index in [0.717, 1.165) is 25.3 Å². The second-order valence-electron chi connectivity index (χ2n) is 7.72. The van der Waals surface area contributed by atoms with Gasteiger partial charge in [0.1, 0.15) is 5.69 Å². The van der Waals surface area contributed by atoms with Gasteiger partial charge in [-0.15, -0.1) is 0 Å². The van der Waals surface area contributed by atoms with Crippen LogP contribution in [0, 0.1) is 0 Å². The summed E-state index contributed by atoms with van der Waals surface area (Å²) in [5.74, 6) is -0.432. The molecule has 11 heteroatoms. The molecule has 0 saturated heterocycles. The van der Waals surface area contributed by atoms with E-state index in [2.05, 4.69) is 41.2 Å². The number of para-hydroxylation sites is 1. The molecule has 0 bridgehead atoms. The van der Waals surface area contributed by atoms with Crippen LogP contribution in [0.15, 0.2) is 51.2 Å². The number of hydrogen-bond acceptors (Lipinski definition) is 7. The lowest BCUT2D eigenvalue weighted by atomic mass is 9.91. The zero-order chi connectivity index (χ0) is 23.6. The second kappa shape index (κ2) is 9.84. The maximum Gasteiger partial charge on any atom is 0.433 e. The summed E-state index contributed by atoms with van der Waals surface area (Å²) in [6.07, 6.45) is 1.63. The fourth-order valence-electron chi connectivity index (χ4n) is 3.90. The molecule has 2 heterocycles. The van der Waals surface area contributed by atoms with Crippen molar-refractivity contribution < 1.29 is 18.3 Å². The molecular formula is C22H20BrF3N5OS-. The number of nitrogens with one attached hydrogen (secondary N) is 1. The summed E-state index contributed by atoms with van der Waals surface area (Å²) >= 11 is 4.63. The van der Waals surface area contributed by atoms with Crippen LogP contribution in [-0.2, 0) is 6.18 Å². The van der Waals surface area contributed by atoms with Crippen molar-refractivity contribution in [1.29, 1.82) is 0 Å². The third kappa shape index (κ3) is 5.57. The van der Waals surface area contributed by atoms with Gasteiger partial charge in [-0.2, -0.15) is 13.2 Å². The van der Waals surface area contributed by atoms with Gasteiger partial charge in [0, 0.05) is 29.2 Å². The molecule has 0 spiro atoms. The average molecular weight is 539 g/mol. The van der Waals surface area contributed by atoms with Crippen molar-refractivity contribution in [3.05, 3.63) is 52.4 Å². The molecular weight excluding hydrogens is 519 g/mol.